The number of aliphatic imine (C=N–C) groups is 1. The van der Waals surface area contributed by atoms with Crippen molar-refractivity contribution in [2.45, 2.75) is 6.42 Å². The number of nitrogens with one attached hydrogen (secondary N) is 2. The van der Waals surface area contributed by atoms with Crippen LogP contribution in [0.2, 0.25) is 5.02 Å². The van der Waals surface area contributed by atoms with E-state index in [1.165, 1.54) is 12.1 Å². The molecule has 1 aromatic carbocycles. The van der Waals surface area contributed by atoms with Gasteiger partial charge in [0.15, 0.2) is 5.84 Å². The van der Waals surface area contributed by atoms with Gasteiger partial charge in [-0.1, -0.05) is 11.6 Å². The SMILES string of the molecule is O=C(Nc1cc(Cl)ccc1O)C1=NCCCN1. The van der Waals surface area contributed by atoms with E-state index >= 15 is 0 Å². The first-order valence-corrected chi connectivity index (χ1v) is 5.63. The second-order valence-corrected chi connectivity index (χ2v) is 4.06. The normalized spacial score (nSPS) is 14.8. The Morgan fingerprint density at radius 2 is 2.35 bits per heavy atom. The smallest absolute Gasteiger partial charge is 0.290 e. The molecule has 1 aliphatic rings. The molecule has 0 unspecified atom stereocenters. The molecule has 17 heavy (non-hydrogen) atoms. The van der Waals surface area contributed by atoms with E-state index in [0.717, 1.165) is 13.0 Å². The van der Waals surface area contributed by atoms with Crippen molar-refractivity contribution in [3.05, 3.63) is 23.2 Å². The largest absolute Gasteiger partial charge is 0.506 e. The highest BCUT2D eigenvalue weighted by Crippen LogP contribution is 2.26. The van der Waals surface area contributed by atoms with Crippen molar-refractivity contribution in [1.82, 2.24) is 5.32 Å². The molecule has 0 aromatic heterocycles. The molecule has 3 N–H and O–H groups in total. The number of amidine groups is 1. The number of rotatable bonds is 2. The van der Waals surface area contributed by atoms with Crippen LogP contribution >= 0.6 is 11.6 Å². The van der Waals surface area contributed by atoms with Crippen LogP contribution < -0.4 is 10.6 Å². The van der Waals surface area contributed by atoms with Crippen LogP contribution in [0.25, 0.3) is 0 Å². The summed E-state index contributed by atoms with van der Waals surface area (Å²) >= 11 is 5.78. The van der Waals surface area contributed by atoms with Crippen LogP contribution in [0.15, 0.2) is 23.2 Å². The predicted molar refractivity (Wildman–Crippen MR) is 66.7 cm³/mol. The van der Waals surface area contributed by atoms with E-state index in [-0.39, 0.29) is 23.2 Å². The summed E-state index contributed by atoms with van der Waals surface area (Å²) in [4.78, 5) is 15.8. The van der Waals surface area contributed by atoms with Gasteiger partial charge in [-0.05, 0) is 24.6 Å². The van der Waals surface area contributed by atoms with Gasteiger partial charge in [0.25, 0.3) is 5.91 Å². The highest BCUT2D eigenvalue weighted by atomic mass is 35.5. The summed E-state index contributed by atoms with van der Waals surface area (Å²) in [6.07, 6.45) is 0.916. The summed E-state index contributed by atoms with van der Waals surface area (Å²) in [6.45, 7) is 1.37. The maximum absolute atomic E-state index is 11.8. The molecule has 90 valence electrons. The molecule has 2 rings (SSSR count). The third-order valence-electron chi connectivity index (χ3n) is 2.32. The van der Waals surface area contributed by atoms with Crippen LogP contribution in [0.5, 0.6) is 5.75 Å². The number of hydrogen-bond donors (Lipinski definition) is 3. The number of amides is 1. The Morgan fingerprint density at radius 1 is 1.53 bits per heavy atom. The maximum Gasteiger partial charge on any atom is 0.290 e. The number of anilines is 1. The predicted octanol–water partition coefficient (Wildman–Crippen LogP) is 1.38. The van der Waals surface area contributed by atoms with Gasteiger partial charge >= 0.3 is 0 Å². The fourth-order valence-electron chi connectivity index (χ4n) is 1.47. The molecule has 0 saturated carbocycles. The lowest BCUT2D eigenvalue weighted by atomic mass is 10.3. The number of phenolic OH excluding ortho intramolecular Hbond substituents is 1. The second-order valence-electron chi connectivity index (χ2n) is 3.63. The van der Waals surface area contributed by atoms with Crippen LogP contribution in [0.3, 0.4) is 0 Å². The molecular weight excluding hydrogens is 242 g/mol. The van der Waals surface area contributed by atoms with Gasteiger partial charge in [-0.25, -0.2) is 0 Å². The zero-order chi connectivity index (χ0) is 12.3. The van der Waals surface area contributed by atoms with Gasteiger partial charge in [-0.15, -0.1) is 0 Å². The average molecular weight is 254 g/mol. The molecule has 5 nitrogen and oxygen atoms in total. The van der Waals surface area contributed by atoms with E-state index in [9.17, 15) is 9.90 Å². The Labute approximate surface area is 104 Å². The molecule has 0 saturated heterocycles. The summed E-state index contributed by atoms with van der Waals surface area (Å²) in [7, 11) is 0. The molecule has 1 heterocycles. The van der Waals surface area contributed by atoms with Crippen molar-refractivity contribution in [3.8, 4) is 5.75 Å². The number of carbonyl (C=O) groups is 1. The first kappa shape index (κ1) is 11.7. The quantitative estimate of drug-likeness (QED) is 0.697. The minimum absolute atomic E-state index is 0.0286. The summed E-state index contributed by atoms with van der Waals surface area (Å²) < 4.78 is 0. The van der Waals surface area contributed by atoms with Crippen molar-refractivity contribution in [2.75, 3.05) is 18.4 Å². The molecule has 0 fully saturated rings. The van der Waals surface area contributed by atoms with Gasteiger partial charge in [0, 0.05) is 18.1 Å². The van der Waals surface area contributed by atoms with Crippen LogP contribution in [0.4, 0.5) is 5.69 Å². The summed E-state index contributed by atoms with van der Waals surface area (Å²) in [6, 6.07) is 4.45. The van der Waals surface area contributed by atoms with Gasteiger partial charge < -0.3 is 15.7 Å². The van der Waals surface area contributed by atoms with E-state index in [1.54, 1.807) is 6.07 Å². The third-order valence-corrected chi connectivity index (χ3v) is 2.55. The van der Waals surface area contributed by atoms with Crippen LogP contribution in [-0.2, 0) is 4.79 Å². The number of aromatic hydroxyl groups is 1. The molecule has 6 heteroatoms. The van der Waals surface area contributed by atoms with Crippen LogP contribution in [0.1, 0.15) is 6.42 Å². The number of nitrogens with zero attached hydrogens (tertiary/aromatic N) is 1. The summed E-state index contributed by atoms with van der Waals surface area (Å²) in [5.41, 5.74) is 0.276. The minimum atomic E-state index is -0.373. The van der Waals surface area contributed by atoms with Crippen molar-refractivity contribution < 1.29 is 9.90 Å². The van der Waals surface area contributed by atoms with Gasteiger partial charge in [0.05, 0.1) is 5.69 Å². The van der Waals surface area contributed by atoms with Crippen molar-refractivity contribution in [1.29, 1.82) is 0 Å². The standard InChI is InChI=1S/C11H12ClN3O2/c12-7-2-3-9(16)8(6-7)15-11(17)10-13-4-1-5-14-10/h2-3,6,16H,1,4-5H2,(H,13,14)(H,15,17). The number of benzene rings is 1. The highest BCUT2D eigenvalue weighted by Gasteiger charge is 2.15. The molecule has 0 aliphatic carbocycles. The fourth-order valence-corrected chi connectivity index (χ4v) is 1.65. The average Bonchev–Trinajstić information content (AvgIpc) is 2.35. The molecule has 0 atom stereocenters. The Kier molecular flexibility index (Phi) is 3.49. The van der Waals surface area contributed by atoms with Crippen LogP contribution in [0, 0.1) is 0 Å². The van der Waals surface area contributed by atoms with Crippen LogP contribution in [-0.4, -0.2) is 29.9 Å². The van der Waals surface area contributed by atoms with E-state index in [1.807, 2.05) is 0 Å². The topological polar surface area (TPSA) is 73.7 Å². The van der Waals surface area contributed by atoms with Crippen molar-refractivity contribution in [2.24, 2.45) is 4.99 Å². The Morgan fingerprint density at radius 3 is 3.06 bits per heavy atom. The van der Waals surface area contributed by atoms with Gasteiger partial charge in [-0.2, -0.15) is 0 Å². The molecule has 1 aromatic rings. The number of halogens is 1. The molecular formula is C11H12ClN3O2. The van der Waals surface area contributed by atoms with E-state index in [2.05, 4.69) is 15.6 Å². The Hall–Kier alpha value is -1.75. The number of carbonyl (C=O) groups excluding carboxylic acids is 1. The second kappa shape index (κ2) is 5.05. The lowest BCUT2D eigenvalue weighted by Crippen LogP contribution is -2.39. The molecule has 0 bridgehead atoms. The molecule has 1 amide bonds. The summed E-state index contributed by atoms with van der Waals surface area (Å²) in [5, 5.41) is 15.4. The van der Waals surface area contributed by atoms with Gasteiger partial charge in [0.2, 0.25) is 0 Å². The first-order chi connectivity index (χ1) is 8.16. The Balaban J connectivity index is 2.12. The lowest BCUT2D eigenvalue weighted by Gasteiger charge is -2.14. The van der Waals surface area contributed by atoms with E-state index in [0.29, 0.717) is 11.6 Å². The zero-order valence-corrected chi connectivity index (χ0v) is 9.79. The first-order valence-electron chi connectivity index (χ1n) is 5.25. The zero-order valence-electron chi connectivity index (χ0n) is 9.03. The molecule has 0 radical (unpaired) electrons. The lowest BCUT2D eigenvalue weighted by molar-refractivity contribution is -0.110. The summed E-state index contributed by atoms with van der Waals surface area (Å²) in [5.74, 6) is -0.114. The maximum atomic E-state index is 11.8. The van der Waals surface area contributed by atoms with E-state index < -0.39 is 0 Å². The van der Waals surface area contributed by atoms with Gasteiger partial charge in [-0.3, -0.25) is 9.79 Å². The monoisotopic (exact) mass is 253 g/mol. The van der Waals surface area contributed by atoms with Gasteiger partial charge in [0.1, 0.15) is 5.75 Å². The third kappa shape index (κ3) is 2.88. The number of phenols is 1. The highest BCUT2D eigenvalue weighted by molar-refractivity contribution is 6.42. The molecule has 0 spiro atoms. The fraction of sp³-hybridized carbons (Fsp3) is 0.273. The van der Waals surface area contributed by atoms with E-state index in [4.69, 9.17) is 11.6 Å². The Bertz CT molecular complexity index is 474. The number of hydrogen-bond acceptors (Lipinski definition) is 4. The molecule has 1 aliphatic heterocycles. The minimum Gasteiger partial charge on any atom is -0.506 e. The van der Waals surface area contributed by atoms with Crippen molar-refractivity contribution in [3.63, 3.8) is 0 Å². The van der Waals surface area contributed by atoms with Crippen molar-refractivity contribution >= 4 is 29.0 Å².